The maximum Gasteiger partial charge on any atom is 0.327 e. The average molecular weight is 308 g/mol. The van der Waals surface area contributed by atoms with E-state index in [0.717, 1.165) is 31.7 Å². The first-order valence-corrected chi connectivity index (χ1v) is 7.70. The summed E-state index contributed by atoms with van der Waals surface area (Å²) >= 11 is 0. The van der Waals surface area contributed by atoms with Gasteiger partial charge in [0.15, 0.2) is 0 Å². The summed E-state index contributed by atoms with van der Waals surface area (Å²) in [6.07, 6.45) is 4.12. The first-order valence-electron chi connectivity index (χ1n) is 7.70. The van der Waals surface area contributed by atoms with E-state index < -0.39 is 22.0 Å². The second-order valence-electron chi connectivity index (χ2n) is 6.97. The highest BCUT2D eigenvalue weighted by Gasteiger charge is 2.47. The first kappa shape index (κ1) is 15.2. The fraction of sp³-hybridized carbons (Fsp3) is 0.625. The highest BCUT2D eigenvalue weighted by Crippen LogP contribution is 2.43. The summed E-state index contributed by atoms with van der Waals surface area (Å²) in [5.41, 5.74) is -0.758. The predicted octanol–water partition coefficient (Wildman–Crippen LogP) is 3.66. The normalized spacial score (nSPS) is 23.0. The lowest BCUT2D eigenvalue weighted by Gasteiger charge is -2.49. The van der Waals surface area contributed by atoms with Gasteiger partial charge in [-0.2, -0.15) is 4.39 Å². The smallest absolute Gasteiger partial charge is 0.327 e. The number of halogens is 1. The number of para-hydroxylation sites is 1. The maximum atomic E-state index is 13.9. The summed E-state index contributed by atoms with van der Waals surface area (Å²) in [5.74, 6) is -0.785. The van der Waals surface area contributed by atoms with Gasteiger partial charge in [0.2, 0.25) is 5.82 Å². The maximum absolute atomic E-state index is 13.9. The predicted molar refractivity (Wildman–Crippen MR) is 81.6 cm³/mol. The molecule has 5 nitrogen and oxygen atoms in total. The van der Waals surface area contributed by atoms with Gasteiger partial charge in [-0.05, 0) is 38.8 Å². The molecule has 3 rings (SSSR count). The number of nitro groups is 1. The number of nitrogens with zero attached hydrogens (tertiary/aromatic N) is 2. The molecule has 0 aromatic heterocycles. The van der Waals surface area contributed by atoms with E-state index in [2.05, 4.69) is 0 Å². The van der Waals surface area contributed by atoms with Crippen molar-refractivity contribution >= 4 is 11.4 Å². The van der Waals surface area contributed by atoms with Gasteiger partial charge in [0.05, 0.1) is 16.1 Å². The van der Waals surface area contributed by atoms with Crippen LogP contribution in [-0.4, -0.2) is 29.2 Å². The molecular formula is C16H21FN2O3. The minimum Gasteiger partial charge on any atom is -0.365 e. The number of ether oxygens (including phenoxy) is 1. The van der Waals surface area contributed by atoms with E-state index in [0.29, 0.717) is 18.8 Å². The average Bonchev–Trinajstić information content (AvgIpc) is 2.83. The lowest BCUT2D eigenvalue weighted by Crippen LogP contribution is -2.58. The SMILES string of the molecule is CC1(C)CN(c2cccc(F)c2[N+](=O)[O-])CC2(CCCC2)O1. The van der Waals surface area contributed by atoms with Crippen LogP contribution in [0.5, 0.6) is 0 Å². The highest BCUT2D eigenvalue weighted by molar-refractivity contribution is 5.64. The second kappa shape index (κ2) is 5.19. The molecule has 1 aromatic carbocycles. The van der Waals surface area contributed by atoms with Crippen LogP contribution in [0.2, 0.25) is 0 Å². The van der Waals surface area contributed by atoms with Gasteiger partial charge in [-0.15, -0.1) is 0 Å². The van der Waals surface area contributed by atoms with Gasteiger partial charge in [0, 0.05) is 13.1 Å². The van der Waals surface area contributed by atoms with Crippen molar-refractivity contribution in [1.82, 2.24) is 0 Å². The van der Waals surface area contributed by atoms with Gasteiger partial charge in [0.1, 0.15) is 5.69 Å². The van der Waals surface area contributed by atoms with Crippen molar-refractivity contribution in [3.05, 3.63) is 34.1 Å². The third-order valence-corrected chi connectivity index (χ3v) is 4.55. The minimum atomic E-state index is -0.785. The number of nitro benzene ring substituents is 1. The van der Waals surface area contributed by atoms with Crippen LogP contribution in [0.15, 0.2) is 18.2 Å². The summed E-state index contributed by atoms with van der Waals surface area (Å²) in [4.78, 5) is 12.6. The molecule has 0 N–H and O–H groups in total. The molecule has 0 radical (unpaired) electrons. The van der Waals surface area contributed by atoms with E-state index in [-0.39, 0.29) is 5.60 Å². The van der Waals surface area contributed by atoms with Crippen LogP contribution in [-0.2, 0) is 4.74 Å². The molecule has 0 atom stereocenters. The molecule has 1 aliphatic carbocycles. The van der Waals surface area contributed by atoms with Crippen molar-refractivity contribution in [1.29, 1.82) is 0 Å². The molecule has 1 saturated carbocycles. The Bertz CT molecular complexity index is 597. The van der Waals surface area contributed by atoms with E-state index in [1.165, 1.54) is 6.07 Å². The van der Waals surface area contributed by atoms with Crippen molar-refractivity contribution < 1.29 is 14.1 Å². The Balaban J connectivity index is 2.01. The van der Waals surface area contributed by atoms with Gasteiger partial charge in [-0.1, -0.05) is 18.9 Å². The lowest BCUT2D eigenvalue weighted by atomic mass is 9.93. The Morgan fingerprint density at radius 2 is 1.95 bits per heavy atom. The molecule has 1 spiro atoms. The van der Waals surface area contributed by atoms with Crippen molar-refractivity contribution in [2.45, 2.75) is 50.7 Å². The Kier molecular flexibility index (Phi) is 3.59. The van der Waals surface area contributed by atoms with Crippen LogP contribution in [0, 0.1) is 15.9 Å². The number of anilines is 1. The lowest BCUT2D eigenvalue weighted by molar-refractivity contribution is -0.386. The van der Waals surface area contributed by atoms with E-state index in [1.54, 1.807) is 6.07 Å². The standard InChI is InChI=1S/C16H21FN2O3/c1-15(2)10-18(11-16(22-15)8-3-4-9-16)13-7-5-6-12(17)14(13)19(20)21/h5-7H,3-4,8-11H2,1-2H3. The second-order valence-corrected chi connectivity index (χ2v) is 6.97. The monoisotopic (exact) mass is 308 g/mol. The summed E-state index contributed by atoms with van der Waals surface area (Å²) < 4.78 is 20.2. The molecule has 1 heterocycles. The third-order valence-electron chi connectivity index (χ3n) is 4.55. The number of hydrogen-bond acceptors (Lipinski definition) is 4. The van der Waals surface area contributed by atoms with Crippen LogP contribution in [0.3, 0.4) is 0 Å². The van der Waals surface area contributed by atoms with E-state index in [4.69, 9.17) is 4.74 Å². The highest BCUT2D eigenvalue weighted by atomic mass is 19.1. The molecule has 0 unspecified atom stereocenters. The molecule has 2 aliphatic rings. The fourth-order valence-electron chi connectivity index (χ4n) is 3.90. The molecule has 22 heavy (non-hydrogen) atoms. The topological polar surface area (TPSA) is 55.6 Å². The molecule has 2 fully saturated rings. The summed E-state index contributed by atoms with van der Waals surface area (Å²) in [5, 5.41) is 11.3. The Hall–Kier alpha value is -1.69. The Morgan fingerprint density at radius 1 is 1.27 bits per heavy atom. The zero-order valence-electron chi connectivity index (χ0n) is 13.0. The number of morpholine rings is 1. The summed E-state index contributed by atoms with van der Waals surface area (Å²) in [6.45, 7) is 5.08. The zero-order chi connectivity index (χ0) is 16.0. The molecule has 1 aliphatic heterocycles. The minimum absolute atomic E-state index is 0.262. The molecule has 0 bridgehead atoms. The molecule has 0 amide bonds. The third kappa shape index (κ3) is 2.67. The molecule has 1 aromatic rings. The van der Waals surface area contributed by atoms with Gasteiger partial charge in [-0.25, -0.2) is 0 Å². The van der Waals surface area contributed by atoms with E-state index in [9.17, 15) is 14.5 Å². The Labute approximate surface area is 129 Å². The van der Waals surface area contributed by atoms with Crippen molar-refractivity contribution in [3.63, 3.8) is 0 Å². The zero-order valence-corrected chi connectivity index (χ0v) is 13.0. The summed E-state index contributed by atoms with van der Waals surface area (Å²) in [6, 6.07) is 4.30. The van der Waals surface area contributed by atoms with Crippen LogP contribution in [0.1, 0.15) is 39.5 Å². The van der Waals surface area contributed by atoms with Gasteiger partial charge in [-0.3, -0.25) is 10.1 Å². The number of hydrogen-bond donors (Lipinski definition) is 0. The van der Waals surface area contributed by atoms with Crippen LogP contribution >= 0.6 is 0 Å². The van der Waals surface area contributed by atoms with Crippen molar-refractivity contribution in [2.75, 3.05) is 18.0 Å². The van der Waals surface area contributed by atoms with Gasteiger partial charge < -0.3 is 9.64 Å². The van der Waals surface area contributed by atoms with Gasteiger partial charge >= 0.3 is 5.69 Å². The van der Waals surface area contributed by atoms with Crippen molar-refractivity contribution in [3.8, 4) is 0 Å². The largest absolute Gasteiger partial charge is 0.365 e. The van der Waals surface area contributed by atoms with Gasteiger partial charge in [0.25, 0.3) is 0 Å². The van der Waals surface area contributed by atoms with Crippen LogP contribution in [0.4, 0.5) is 15.8 Å². The summed E-state index contributed by atoms with van der Waals surface area (Å²) in [7, 11) is 0. The number of benzene rings is 1. The van der Waals surface area contributed by atoms with Crippen LogP contribution < -0.4 is 4.90 Å². The number of rotatable bonds is 2. The molecule has 120 valence electrons. The first-order chi connectivity index (χ1) is 10.3. The van der Waals surface area contributed by atoms with Crippen LogP contribution in [0.25, 0.3) is 0 Å². The van der Waals surface area contributed by atoms with E-state index in [1.807, 2.05) is 18.7 Å². The fourth-order valence-corrected chi connectivity index (χ4v) is 3.90. The Morgan fingerprint density at radius 3 is 2.59 bits per heavy atom. The molecule has 6 heteroatoms. The molecule has 1 saturated heterocycles. The van der Waals surface area contributed by atoms with Crippen molar-refractivity contribution in [2.24, 2.45) is 0 Å². The molecular weight excluding hydrogens is 287 g/mol. The quantitative estimate of drug-likeness (QED) is 0.618. The van der Waals surface area contributed by atoms with E-state index >= 15 is 0 Å².